The third-order valence-electron chi connectivity index (χ3n) is 3.08. The zero-order valence-corrected chi connectivity index (χ0v) is 15.0. The predicted molar refractivity (Wildman–Crippen MR) is 86.0 cm³/mol. The van der Waals surface area contributed by atoms with Crippen LogP contribution < -0.4 is 10.6 Å². The van der Waals surface area contributed by atoms with Gasteiger partial charge in [-0.1, -0.05) is 0 Å². The van der Waals surface area contributed by atoms with Crippen molar-refractivity contribution in [3.8, 4) is 0 Å². The number of anilines is 1. The second-order valence-corrected chi connectivity index (χ2v) is 6.88. The van der Waals surface area contributed by atoms with Crippen LogP contribution in [0.2, 0.25) is 0 Å². The van der Waals surface area contributed by atoms with Gasteiger partial charge < -0.3 is 15.5 Å². The van der Waals surface area contributed by atoms with Gasteiger partial charge in [-0.15, -0.1) is 0 Å². The second-order valence-electron chi connectivity index (χ2n) is 6.88. The van der Waals surface area contributed by atoms with Crippen LogP contribution in [0.15, 0.2) is 18.2 Å². The van der Waals surface area contributed by atoms with E-state index in [1.807, 2.05) is 5.32 Å². The fourth-order valence-electron chi connectivity index (χ4n) is 1.99. The van der Waals surface area contributed by atoms with Gasteiger partial charge in [0.25, 0.3) is 0 Å². The first-order chi connectivity index (χ1) is 12.0. The van der Waals surface area contributed by atoms with E-state index in [2.05, 4.69) is 5.32 Å². The lowest BCUT2D eigenvalue weighted by Crippen LogP contribution is -2.47. The number of amides is 3. The van der Waals surface area contributed by atoms with Crippen LogP contribution in [0.1, 0.15) is 31.9 Å². The van der Waals surface area contributed by atoms with Crippen LogP contribution in [0.4, 0.5) is 36.8 Å². The summed E-state index contributed by atoms with van der Waals surface area (Å²) in [4.78, 5) is 24.6. The lowest BCUT2D eigenvalue weighted by atomic mass is 10.1. The van der Waals surface area contributed by atoms with Crippen LogP contribution in [0.5, 0.6) is 0 Å². The van der Waals surface area contributed by atoms with Crippen LogP contribution in [0.25, 0.3) is 0 Å². The number of carbonyl (C=O) groups is 2. The number of carbonyl (C=O) groups excluding carboxylic acids is 2. The SMILES string of the molecule is CN(CC(=O)NC(C)(C)C)C(=O)Nc1cc(C(F)(F)F)cc(C(F)(F)F)c1. The molecule has 3 amide bonds. The molecule has 0 heterocycles. The quantitative estimate of drug-likeness (QED) is 0.752. The summed E-state index contributed by atoms with van der Waals surface area (Å²) < 4.78 is 76.9. The van der Waals surface area contributed by atoms with Crippen LogP contribution >= 0.6 is 0 Å². The zero-order chi connectivity index (χ0) is 21.2. The Morgan fingerprint density at radius 2 is 1.37 bits per heavy atom. The normalized spacial score (nSPS) is 12.5. The molecule has 0 aliphatic rings. The third-order valence-corrected chi connectivity index (χ3v) is 3.08. The van der Waals surface area contributed by atoms with Gasteiger partial charge in [0.15, 0.2) is 0 Å². The highest BCUT2D eigenvalue weighted by molar-refractivity contribution is 5.92. The predicted octanol–water partition coefficient (Wildman–Crippen LogP) is 4.10. The molecule has 0 bridgehead atoms. The maximum atomic E-state index is 12.8. The number of alkyl halides is 6. The van der Waals surface area contributed by atoms with Crippen LogP contribution in [-0.4, -0.2) is 36.0 Å². The van der Waals surface area contributed by atoms with Crippen LogP contribution in [-0.2, 0) is 17.1 Å². The highest BCUT2D eigenvalue weighted by Crippen LogP contribution is 2.37. The van der Waals surface area contributed by atoms with E-state index in [4.69, 9.17) is 0 Å². The molecular formula is C16H19F6N3O2. The Bertz CT molecular complexity index is 675. The molecule has 0 saturated heterocycles. The van der Waals surface area contributed by atoms with Crippen molar-refractivity contribution < 1.29 is 35.9 Å². The van der Waals surface area contributed by atoms with E-state index in [0.29, 0.717) is 12.1 Å². The summed E-state index contributed by atoms with van der Waals surface area (Å²) in [5.74, 6) is -0.542. The summed E-state index contributed by atoms with van der Waals surface area (Å²) in [5, 5.41) is 4.51. The molecule has 0 fully saturated rings. The van der Waals surface area contributed by atoms with Crippen LogP contribution in [0.3, 0.4) is 0 Å². The molecule has 0 radical (unpaired) electrons. The van der Waals surface area contributed by atoms with E-state index in [1.54, 1.807) is 20.8 Å². The molecule has 1 rings (SSSR count). The van der Waals surface area contributed by atoms with Crippen molar-refractivity contribution in [3.05, 3.63) is 29.3 Å². The number of rotatable bonds is 3. The van der Waals surface area contributed by atoms with Crippen LogP contribution in [0, 0.1) is 0 Å². The van der Waals surface area contributed by atoms with Gasteiger partial charge in [-0.05, 0) is 39.0 Å². The zero-order valence-electron chi connectivity index (χ0n) is 15.0. The Balaban J connectivity index is 3.00. The summed E-state index contributed by atoms with van der Waals surface area (Å²) >= 11 is 0. The van der Waals surface area contributed by atoms with E-state index in [0.717, 1.165) is 4.90 Å². The van der Waals surface area contributed by atoms with Gasteiger partial charge in [-0.3, -0.25) is 4.79 Å². The Morgan fingerprint density at radius 1 is 0.926 bits per heavy atom. The van der Waals surface area contributed by atoms with E-state index < -0.39 is 53.2 Å². The Morgan fingerprint density at radius 3 is 1.74 bits per heavy atom. The van der Waals surface area contributed by atoms with Crippen molar-refractivity contribution in [3.63, 3.8) is 0 Å². The molecule has 0 unspecified atom stereocenters. The molecule has 0 atom stereocenters. The molecule has 152 valence electrons. The summed E-state index contributed by atoms with van der Waals surface area (Å²) in [6, 6.07) is -0.311. The summed E-state index contributed by atoms with van der Waals surface area (Å²) in [5.41, 5.74) is -4.37. The van der Waals surface area contributed by atoms with Gasteiger partial charge in [0, 0.05) is 18.3 Å². The molecule has 11 heteroatoms. The number of urea groups is 1. The third kappa shape index (κ3) is 7.35. The van der Waals surface area contributed by atoms with Crippen molar-refractivity contribution >= 4 is 17.6 Å². The lowest BCUT2D eigenvalue weighted by molar-refractivity contribution is -0.143. The summed E-state index contributed by atoms with van der Waals surface area (Å²) in [6.45, 7) is 4.67. The van der Waals surface area contributed by atoms with Gasteiger partial charge in [-0.2, -0.15) is 26.3 Å². The highest BCUT2D eigenvalue weighted by atomic mass is 19.4. The molecule has 5 nitrogen and oxygen atoms in total. The molecule has 0 saturated carbocycles. The maximum absolute atomic E-state index is 12.8. The number of halogens is 6. The number of nitrogens with one attached hydrogen (secondary N) is 2. The summed E-state index contributed by atoms with van der Waals surface area (Å²) in [6.07, 6.45) is -10.1. The molecule has 1 aromatic carbocycles. The fourth-order valence-corrected chi connectivity index (χ4v) is 1.99. The van der Waals surface area contributed by atoms with Crippen molar-refractivity contribution in [2.45, 2.75) is 38.7 Å². The summed E-state index contributed by atoms with van der Waals surface area (Å²) in [7, 11) is 1.18. The van der Waals surface area contributed by atoms with Gasteiger partial charge >= 0.3 is 18.4 Å². The van der Waals surface area contributed by atoms with Gasteiger partial charge in [0.1, 0.15) is 6.54 Å². The maximum Gasteiger partial charge on any atom is 0.416 e. The first-order valence-corrected chi connectivity index (χ1v) is 7.61. The van der Waals surface area contributed by atoms with Crippen molar-refractivity contribution in [1.29, 1.82) is 0 Å². The van der Waals surface area contributed by atoms with E-state index in [1.165, 1.54) is 7.05 Å². The number of hydrogen-bond acceptors (Lipinski definition) is 2. The number of likely N-dealkylation sites (N-methyl/N-ethyl adjacent to an activating group) is 1. The average Bonchev–Trinajstić information content (AvgIpc) is 2.42. The van der Waals surface area contributed by atoms with Gasteiger partial charge in [0.05, 0.1) is 11.1 Å². The van der Waals surface area contributed by atoms with Crippen molar-refractivity contribution in [2.24, 2.45) is 0 Å². The highest BCUT2D eigenvalue weighted by Gasteiger charge is 2.37. The van der Waals surface area contributed by atoms with Gasteiger partial charge in [-0.25, -0.2) is 4.79 Å². The molecular weight excluding hydrogens is 380 g/mol. The van der Waals surface area contributed by atoms with Crippen molar-refractivity contribution in [2.75, 3.05) is 18.9 Å². The molecule has 27 heavy (non-hydrogen) atoms. The number of nitrogens with zero attached hydrogens (tertiary/aromatic N) is 1. The average molecular weight is 399 g/mol. The molecule has 1 aromatic rings. The minimum atomic E-state index is -5.03. The minimum Gasteiger partial charge on any atom is -0.350 e. The topological polar surface area (TPSA) is 61.4 Å². The minimum absolute atomic E-state index is 0.0455. The Hall–Kier alpha value is -2.46. The van der Waals surface area contributed by atoms with E-state index in [-0.39, 0.29) is 6.07 Å². The monoisotopic (exact) mass is 399 g/mol. The molecule has 0 aliphatic carbocycles. The molecule has 2 N–H and O–H groups in total. The molecule has 0 spiro atoms. The lowest BCUT2D eigenvalue weighted by Gasteiger charge is -2.23. The second kappa shape index (κ2) is 7.65. The molecule has 0 aliphatic heterocycles. The van der Waals surface area contributed by atoms with Crippen molar-refractivity contribution in [1.82, 2.24) is 10.2 Å². The Labute approximate surface area is 151 Å². The molecule has 0 aromatic heterocycles. The van der Waals surface area contributed by atoms with E-state index >= 15 is 0 Å². The van der Waals surface area contributed by atoms with E-state index in [9.17, 15) is 35.9 Å². The first kappa shape index (κ1) is 22.6. The Kier molecular flexibility index (Phi) is 6.40. The standard InChI is InChI=1S/C16H19F6N3O2/c1-14(2,3)24-12(26)8-25(4)13(27)23-11-6-9(15(17,18)19)5-10(7-11)16(20,21)22/h5-7H,8H2,1-4H3,(H,23,27)(H,24,26). The van der Waals surface area contributed by atoms with Gasteiger partial charge in [0.2, 0.25) is 5.91 Å². The number of hydrogen-bond donors (Lipinski definition) is 2. The number of benzene rings is 1. The largest absolute Gasteiger partial charge is 0.416 e. The first-order valence-electron chi connectivity index (χ1n) is 7.61. The smallest absolute Gasteiger partial charge is 0.350 e. The fraction of sp³-hybridized carbons (Fsp3) is 0.500.